The van der Waals surface area contributed by atoms with E-state index in [0.717, 1.165) is 4.88 Å². The first-order valence-corrected chi connectivity index (χ1v) is 8.98. The Balaban J connectivity index is 1.62. The summed E-state index contributed by atoms with van der Waals surface area (Å²) in [6.07, 6.45) is 0. The van der Waals surface area contributed by atoms with E-state index >= 15 is 0 Å². The lowest BCUT2D eigenvalue weighted by atomic mass is 9.92. The molecule has 27 heavy (non-hydrogen) atoms. The number of imide groups is 1. The number of carbonyl (C=O) groups is 4. The van der Waals surface area contributed by atoms with Crippen molar-refractivity contribution >= 4 is 40.8 Å². The molecule has 1 aromatic heterocycles. The van der Waals surface area contributed by atoms with E-state index in [0.29, 0.717) is 16.1 Å². The predicted molar refractivity (Wildman–Crippen MR) is 100 cm³/mol. The summed E-state index contributed by atoms with van der Waals surface area (Å²) < 4.78 is 0. The molecule has 1 saturated heterocycles. The minimum Gasteiger partial charge on any atom is -0.342 e. The third-order valence-electron chi connectivity index (χ3n) is 4.14. The molecule has 140 valence electrons. The number of thiophene rings is 1. The lowest BCUT2D eigenvalue weighted by molar-refractivity contribution is -0.123. The van der Waals surface area contributed by atoms with Gasteiger partial charge < -0.3 is 16.0 Å². The molecule has 8 nitrogen and oxygen atoms in total. The smallest absolute Gasteiger partial charge is 0.322 e. The third-order valence-corrected chi connectivity index (χ3v) is 5.14. The molecular formula is C18H18N4O4S. The molecule has 1 aliphatic rings. The zero-order valence-electron chi connectivity index (χ0n) is 14.7. The van der Waals surface area contributed by atoms with Gasteiger partial charge in [-0.05, 0) is 43.7 Å². The highest BCUT2D eigenvalue weighted by atomic mass is 32.1. The highest BCUT2D eigenvalue weighted by Crippen LogP contribution is 2.26. The van der Waals surface area contributed by atoms with Gasteiger partial charge in [0.15, 0.2) is 0 Å². The number of rotatable bonds is 5. The number of carbonyl (C=O) groups excluding carboxylic acids is 4. The van der Waals surface area contributed by atoms with Crippen molar-refractivity contribution in [1.29, 1.82) is 0 Å². The molecule has 9 heteroatoms. The van der Waals surface area contributed by atoms with Gasteiger partial charge in [-0.25, -0.2) is 4.79 Å². The van der Waals surface area contributed by atoms with Crippen LogP contribution in [-0.2, 0) is 15.1 Å². The number of amides is 5. The summed E-state index contributed by atoms with van der Waals surface area (Å²) in [6, 6.07) is 9.59. The van der Waals surface area contributed by atoms with Gasteiger partial charge in [0.05, 0.1) is 11.4 Å². The zero-order chi connectivity index (χ0) is 19.6. The highest BCUT2D eigenvalue weighted by Gasteiger charge is 2.43. The van der Waals surface area contributed by atoms with Gasteiger partial charge >= 0.3 is 6.03 Å². The standard InChI is InChI=1S/C18H18N4O4S/c1-10-6-7-13(27-10)15(24)19-9-14(23)20-12-5-3-4-11(8-12)18(2)16(25)21-17(26)22-18/h3-8H,9H2,1-2H3,(H,19,24)(H,20,23)(H2,21,22,25,26). The van der Waals surface area contributed by atoms with Gasteiger partial charge in [0.2, 0.25) is 5.91 Å². The first-order chi connectivity index (χ1) is 12.8. The van der Waals surface area contributed by atoms with Crippen molar-refractivity contribution in [3.8, 4) is 0 Å². The molecule has 0 radical (unpaired) electrons. The van der Waals surface area contributed by atoms with Crippen LogP contribution in [0.1, 0.15) is 27.0 Å². The highest BCUT2D eigenvalue weighted by molar-refractivity contribution is 7.13. The van der Waals surface area contributed by atoms with E-state index in [1.54, 1.807) is 37.3 Å². The number of benzene rings is 1. The Hall–Kier alpha value is -3.20. The van der Waals surface area contributed by atoms with Crippen LogP contribution in [0, 0.1) is 6.92 Å². The molecular weight excluding hydrogens is 368 g/mol. The summed E-state index contributed by atoms with van der Waals surface area (Å²) in [5.74, 6) is -1.18. The van der Waals surface area contributed by atoms with E-state index in [9.17, 15) is 19.2 Å². The maximum atomic E-state index is 12.1. The lowest BCUT2D eigenvalue weighted by Crippen LogP contribution is -2.40. The van der Waals surface area contributed by atoms with Gasteiger partial charge in [0.1, 0.15) is 5.54 Å². The van der Waals surface area contributed by atoms with E-state index in [2.05, 4.69) is 21.3 Å². The van der Waals surface area contributed by atoms with Crippen molar-refractivity contribution in [2.45, 2.75) is 19.4 Å². The van der Waals surface area contributed by atoms with Crippen molar-refractivity contribution in [2.75, 3.05) is 11.9 Å². The van der Waals surface area contributed by atoms with Crippen LogP contribution >= 0.6 is 11.3 Å². The van der Waals surface area contributed by atoms with Crippen molar-refractivity contribution < 1.29 is 19.2 Å². The van der Waals surface area contributed by atoms with Crippen LogP contribution in [0.25, 0.3) is 0 Å². The molecule has 1 fully saturated rings. The molecule has 3 rings (SSSR count). The van der Waals surface area contributed by atoms with Gasteiger partial charge in [0, 0.05) is 10.6 Å². The molecule has 0 aliphatic carbocycles. The summed E-state index contributed by atoms with van der Waals surface area (Å²) in [5, 5.41) is 9.99. The van der Waals surface area contributed by atoms with E-state index in [1.165, 1.54) is 11.3 Å². The normalized spacial score (nSPS) is 18.6. The van der Waals surface area contributed by atoms with Crippen LogP contribution in [0.2, 0.25) is 0 Å². The number of hydrogen-bond donors (Lipinski definition) is 4. The Bertz CT molecular complexity index is 939. The van der Waals surface area contributed by atoms with Crippen molar-refractivity contribution in [3.63, 3.8) is 0 Å². The number of anilines is 1. The van der Waals surface area contributed by atoms with Crippen molar-refractivity contribution in [2.24, 2.45) is 0 Å². The minimum absolute atomic E-state index is 0.186. The Morgan fingerprint density at radius 1 is 1.19 bits per heavy atom. The zero-order valence-corrected chi connectivity index (χ0v) is 15.5. The molecule has 0 spiro atoms. The van der Waals surface area contributed by atoms with Crippen LogP contribution in [-0.4, -0.2) is 30.3 Å². The van der Waals surface area contributed by atoms with E-state index in [-0.39, 0.29) is 12.5 Å². The second kappa shape index (κ2) is 7.20. The Morgan fingerprint density at radius 2 is 1.96 bits per heavy atom. The van der Waals surface area contributed by atoms with Crippen LogP contribution in [0.5, 0.6) is 0 Å². The van der Waals surface area contributed by atoms with Crippen molar-refractivity contribution in [3.05, 3.63) is 51.7 Å². The largest absolute Gasteiger partial charge is 0.342 e. The molecule has 1 aromatic carbocycles. The molecule has 0 saturated carbocycles. The molecule has 1 unspecified atom stereocenters. The lowest BCUT2D eigenvalue weighted by Gasteiger charge is -2.21. The Labute approximate surface area is 159 Å². The Kier molecular flexibility index (Phi) is 4.95. The van der Waals surface area contributed by atoms with Crippen LogP contribution in [0.4, 0.5) is 10.5 Å². The average Bonchev–Trinajstić information content (AvgIpc) is 3.16. The van der Waals surface area contributed by atoms with Gasteiger partial charge in [-0.2, -0.15) is 0 Å². The molecule has 2 aromatic rings. The second-order valence-electron chi connectivity index (χ2n) is 6.26. The fraction of sp³-hybridized carbons (Fsp3) is 0.222. The quantitative estimate of drug-likeness (QED) is 0.583. The van der Waals surface area contributed by atoms with Crippen LogP contribution in [0.3, 0.4) is 0 Å². The maximum absolute atomic E-state index is 12.1. The molecule has 4 N–H and O–H groups in total. The fourth-order valence-corrected chi connectivity index (χ4v) is 3.45. The Morgan fingerprint density at radius 3 is 2.59 bits per heavy atom. The maximum Gasteiger partial charge on any atom is 0.322 e. The number of nitrogens with one attached hydrogen (secondary N) is 4. The second-order valence-corrected chi connectivity index (χ2v) is 7.54. The number of hydrogen-bond acceptors (Lipinski definition) is 5. The van der Waals surface area contributed by atoms with E-state index in [1.807, 2.05) is 13.0 Å². The molecule has 1 atom stereocenters. The van der Waals surface area contributed by atoms with Gasteiger partial charge in [0.25, 0.3) is 11.8 Å². The predicted octanol–water partition coefficient (Wildman–Crippen LogP) is 1.48. The molecule has 5 amide bonds. The molecule has 0 bridgehead atoms. The first kappa shape index (κ1) is 18.6. The van der Waals surface area contributed by atoms with Gasteiger partial charge in [-0.3, -0.25) is 19.7 Å². The molecule has 2 heterocycles. The summed E-state index contributed by atoms with van der Waals surface area (Å²) in [7, 11) is 0. The SMILES string of the molecule is Cc1ccc(C(=O)NCC(=O)Nc2cccc(C3(C)NC(=O)NC3=O)c2)s1. The van der Waals surface area contributed by atoms with Gasteiger partial charge in [-0.1, -0.05) is 12.1 Å². The summed E-state index contributed by atoms with van der Waals surface area (Å²) in [5.41, 5.74) is -0.223. The van der Waals surface area contributed by atoms with Crippen molar-refractivity contribution in [1.82, 2.24) is 16.0 Å². The summed E-state index contributed by atoms with van der Waals surface area (Å²) >= 11 is 1.35. The molecule has 1 aliphatic heterocycles. The van der Waals surface area contributed by atoms with E-state index in [4.69, 9.17) is 0 Å². The third kappa shape index (κ3) is 3.98. The van der Waals surface area contributed by atoms with Crippen LogP contribution in [0.15, 0.2) is 36.4 Å². The monoisotopic (exact) mass is 386 g/mol. The van der Waals surface area contributed by atoms with E-state index < -0.39 is 23.4 Å². The summed E-state index contributed by atoms with van der Waals surface area (Å²) in [6.45, 7) is 3.29. The average molecular weight is 386 g/mol. The van der Waals surface area contributed by atoms with Crippen LogP contribution < -0.4 is 21.3 Å². The minimum atomic E-state index is -1.21. The fourth-order valence-electron chi connectivity index (χ4n) is 2.66. The number of aryl methyl sites for hydroxylation is 1. The first-order valence-electron chi connectivity index (χ1n) is 8.16. The van der Waals surface area contributed by atoms with Gasteiger partial charge in [-0.15, -0.1) is 11.3 Å². The summed E-state index contributed by atoms with van der Waals surface area (Å²) in [4.78, 5) is 49.1. The number of urea groups is 1. The topological polar surface area (TPSA) is 116 Å².